The lowest BCUT2D eigenvalue weighted by Gasteiger charge is -2.45. The van der Waals surface area contributed by atoms with Crippen molar-refractivity contribution in [2.24, 2.45) is 5.92 Å². The minimum absolute atomic E-state index is 0.797. The first-order chi connectivity index (χ1) is 8.28. The maximum Gasteiger partial charge on any atom is 0.0116 e. The monoisotopic (exact) mass is 236 g/mol. The number of hydrogen-bond acceptors (Lipinski definition) is 2. The van der Waals surface area contributed by atoms with Crippen LogP contribution in [0.15, 0.2) is 0 Å². The van der Waals surface area contributed by atoms with Crippen LogP contribution in [0.4, 0.5) is 0 Å². The van der Waals surface area contributed by atoms with E-state index < -0.39 is 0 Å². The van der Waals surface area contributed by atoms with Crippen molar-refractivity contribution >= 4 is 0 Å². The molecule has 0 spiro atoms. The highest BCUT2D eigenvalue weighted by molar-refractivity contribution is 5.00. The fourth-order valence-corrected chi connectivity index (χ4v) is 4.59. The molecule has 1 saturated carbocycles. The van der Waals surface area contributed by atoms with E-state index in [0.717, 1.165) is 30.1 Å². The number of fused-ring (bicyclic) bond motifs is 2. The Morgan fingerprint density at radius 2 is 1.35 bits per heavy atom. The van der Waals surface area contributed by atoms with Gasteiger partial charge in [0.15, 0.2) is 0 Å². The van der Waals surface area contributed by atoms with Crippen LogP contribution in [0.1, 0.15) is 58.3 Å². The number of rotatable bonds is 2. The first-order valence-electron chi connectivity index (χ1n) is 7.72. The van der Waals surface area contributed by atoms with Gasteiger partial charge in [-0.3, -0.25) is 4.90 Å². The smallest absolute Gasteiger partial charge is 0.0116 e. The van der Waals surface area contributed by atoms with E-state index in [1.54, 1.807) is 0 Å². The molecule has 3 aliphatic rings. The van der Waals surface area contributed by atoms with Gasteiger partial charge in [0.1, 0.15) is 0 Å². The second kappa shape index (κ2) is 4.89. The molecule has 0 amide bonds. The Morgan fingerprint density at radius 1 is 0.824 bits per heavy atom. The molecule has 2 atom stereocenters. The topological polar surface area (TPSA) is 15.3 Å². The zero-order valence-corrected chi connectivity index (χ0v) is 11.5. The van der Waals surface area contributed by atoms with Crippen LogP contribution in [-0.2, 0) is 0 Å². The molecule has 2 nitrogen and oxygen atoms in total. The number of piperidine rings is 1. The first kappa shape index (κ1) is 12.0. The quantitative estimate of drug-likeness (QED) is 0.793. The molecule has 2 aliphatic heterocycles. The Labute approximate surface area is 106 Å². The van der Waals surface area contributed by atoms with Crippen molar-refractivity contribution in [3.05, 3.63) is 0 Å². The van der Waals surface area contributed by atoms with Crippen LogP contribution >= 0.6 is 0 Å². The van der Waals surface area contributed by atoms with Crippen molar-refractivity contribution in [1.29, 1.82) is 0 Å². The van der Waals surface area contributed by atoms with E-state index in [0.29, 0.717) is 0 Å². The van der Waals surface area contributed by atoms with Crippen LogP contribution in [0.3, 0.4) is 0 Å². The summed E-state index contributed by atoms with van der Waals surface area (Å²) in [5, 5.41) is 3.51. The molecule has 2 heteroatoms. The van der Waals surface area contributed by atoms with Crippen LogP contribution < -0.4 is 5.32 Å². The third-order valence-electron chi connectivity index (χ3n) is 5.60. The van der Waals surface area contributed by atoms with E-state index in [4.69, 9.17) is 0 Å². The van der Waals surface area contributed by atoms with Crippen molar-refractivity contribution < 1.29 is 0 Å². The molecular weight excluding hydrogens is 208 g/mol. The summed E-state index contributed by atoms with van der Waals surface area (Å²) in [7, 11) is 2.14. The van der Waals surface area contributed by atoms with Crippen molar-refractivity contribution in [1.82, 2.24) is 10.2 Å². The average molecular weight is 236 g/mol. The minimum Gasteiger partial charge on any atom is -0.317 e. The molecule has 98 valence electrons. The van der Waals surface area contributed by atoms with Gasteiger partial charge in [0, 0.05) is 24.2 Å². The number of nitrogens with zero attached hydrogens (tertiary/aromatic N) is 1. The Bertz CT molecular complexity index is 244. The Balaban J connectivity index is 1.65. The molecule has 2 bridgehead atoms. The summed E-state index contributed by atoms with van der Waals surface area (Å²) in [5.74, 6) is 0.985. The van der Waals surface area contributed by atoms with Crippen LogP contribution in [0.2, 0.25) is 0 Å². The van der Waals surface area contributed by atoms with Gasteiger partial charge in [-0.2, -0.15) is 0 Å². The SMILES string of the molecule is CNC1CC2CCC(C1)N2C1CCC(C)CC1. The highest BCUT2D eigenvalue weighted by Crippen LogP contribution is 2.41. The van der Waals surface area contributed by atoms with E-state index in [1.807, 2.05) is 0 Å². The summed E-state index contributed by atoms with van der Waals surface area (Å²) >= 11 is 0. The van der Waals surface area contributed by atoms with E-state index in [9.17, 15) is 0 Å². The Kier molecular flexibility index (Phi) is 3.45. The summed E-state index contributed by atoms with van der Waals surface area (Å²) in [6.07, 6.45) is 11.6. The Morgan fingerprint density at radius 3 is 1.88 bits per heavy atom. The molecule has 0 aromatic heterocycles. The summed E-state index contributed by atoms with van der Waals surface area (Å²) < 4.78 is 0. The van der Waals surface area contributed by atoms with E-state index in [-0.39, 0.29) is 0 Å². The van der Waals surface area contributed by atoms with Crippen molar-refractivity contribution in [3.8, 4) is 0 Å². The lowest BCUT2D eigenvalue weighted by Crippen LogP contribution is -2.53. The molecule has 17 heavy (non-hydrogen) atoms. The van der Waals surface area contributed by atoms with Crippen molar-refractivity contribution in [3.63, 3.8) is 0 Å². The number of nitrogens with one attached hydrogen (secondary N) is 1. The molecule has 0 aromatic carbocycles. The van der Waals surface area contributed by atoms with Gasteiger partial charge in [0.05, 0.1) is 0 Å². The van der Waals surface area contributed by atoms with Gasteiger partial charge in [0.2, 0.25) is 0 Å². The van der Waals surface area contributed by atoms with Gasteiger partial charge >= 0.3 is 0 Å². The van der Waals surface area contributed by atoms with Crippen LogP contribution in [0.5, 0.6) is 0 Å². The second-order valence-corrected chi connectivity index (χ2v) is 6.70. The summed E-state index contributed by atoms with van der Waals surface area (Å²) in [6, 6.07) is 3.54. The van der Waals surface area contributed by atoms with Gasteiger partial charge < -0.3 is 5.32 Å². The van der Waals surface area contributed by atoms with Crippen LogP contribution in [0.25, 0.3) is 0 Å². The molecule has 0 radical (unpaired) electrons. The largest absolute Gasteiger partial charge is 0.317 e. The van der Waals surface area contributed by atoms with Gasteiger partial charge in [-0.1, -0.05) is 6.92 Å². The molecular formula is C15H28N2. The third kappa shape index (κ3) is 2.26. The maximum atomic E-state index is 3.51. The highest BCUT2D eigenvalue weighted by atomic mass is 15.3. The van der Waals surface area contributed by atoms with Gasteiger partial charge in [-0.25, -0.2) is 0 Å². The van der Waals surface area contributed by atoms with E-state index >= 15 is 0 Å². The molecule has 1 aliphatic carbocycles. The predicted molar refractivity (Wildman–Crippen MR) is 72.2 cm³/mol. The lowest BCUT2D eigenvalue weighted by molar-refractivity contribution is 0.0460. The normalized spacial score (nSPS) is 47.3. The third-order valence-corrected chi connectivity index (χ3v) is 5.60. The van der Waals surface area contributed by atoms with E-state index in [1.165, 1.54) is 51.4 Å². The maximum absolute atomic E-state index is 3.51. The second-order valence-electron chi connectivity index (χ2n) is 6.70. The molecule has 2 unspecified atom stereocenters. The van der Waals surface area contributed by atoms with Crippen LogP contribution in [0, 0.1) is 5.92 Å². The fraction of sp³-hybridized carbons (Fsp3) is 1.00. The van der Waals surface area contributed by atoms with Gasteiger partial charge in [0.25, 0.3) is 0 Å². The predicted octanol–water partition coefficient (Wildman–Crippen LogP) is 2.78. The van der Waals surface area contributed by atoms with Crippen molar-refractivity contribution in [2.75, 3.05) is 7.05 Å². The highest BCUT2D eigenvalue weighted by Gasteiger charge is 2.43. The zero-order valence-electron chi connectivity index (χ0n) is 11.5. The summed E-state index contributed by atoms with van der Waals surface area (Å²) in [4.78, 5) is 2.94. The zero-order chi connectivity index (χ0) is 11.8. The molecule has 2 heterocycles. The average Bonchev–Trinajstić information content (AvgIpc) is 2.61. The Hall–Kier alpha value is -0.0800. The standard InChI is InChI=1S/C15H28N2/c1-11-3-5-13(6-4-11)17-14-7-8-15(17)10-12(9-14)16-2/h11-16H,3-10H2,1-2H3. The molecule has 0 aromatic rings. The van der Waals surface area contributed by atoms with Gasteiger partial charge in [-0.05, 0) is 64.3 Å². The minimum atomic E-state index is 0.797. The fourth-order valence-electron chi connectivity index (χ4n) is 4.59. The molecule has 1 N–H and O–H groups in total. The van der Waals surface area contributed by atoms with Crippen molar-refractivity contribution in [2.45, 2.75) is 82.5 Å². The summed E-state index contributed by atoms with van der Waals surface area (Å²) in [6.45, 7) is 2.43. The van der Waals surface area contributed by atoms with Crippen LogP contribution in [-0.4, -0.2) is 36.1 Å². The molecule has 3 rings (SSSR count). The lowest BCUT2D eigenvalue weighted by atomic mass is 9.84. The number of hydrogen-bond donors (Lipinski definition) is 1. The van der Waals surface area contributed by atoms with Gasteiger partial charge in [-0.15, -0.1) is 0 Å². The first-order valence-corrected chi connectivity index (χ1v) is 7.72. The molecule has 3 fully saturated rings. The van der Waals surface area contributed by atoms with E-state index in [2.05, 4.69) is 24.2 Å². The summed E-state index contributed by atoms with van der Waals surface area (Å²) in [5.41, 5.74) is 0. The molecule has 2 saturated heterocycles.